The van der Waals surface area contributed by atoms with Crippen molar-refractivity contribution in [2.24, 2.45) is 12.8 Å². The second-order valence-corrected chi connectivity index (χ2v) is 4.12. The number of hydrogen-bond donors (Lipinski definition) is 2. The van der Waals surface area contributed by atoms with E-state index in [1.807, 2.05) is 6.92 Å². The molecule has 0 saturated heterocycles. The number of nitrogens with two attached hydrogens (primary N) is 1. The van der Waals surface area contributed by atoms with Gasteiger partial charge in [-0.15, -0.1) is 0 Å². The third-order valence-electron chi connectivity index (χ3n) is 2.48. The highest BCUT2D eigenvalue weighted by Crippen LogP contribution is 2.09. The molecular weight excluding hydrogens is 204 g/mol. The van der Waals surface area contributed by atoms with Crippen LogP contribution in [-0.4, -0.2) is 21.7 Å². The molecule has 0 saturated carbocycles. The summed E-state index contributed by atoms with van der Waals surface area (Å²) in [6, 6.07) is -0.465. The molecule has 5 nitrogen and oxygen atoms in total. The van der Waals surface area contributed by atoms with E-state index in [4.69, 9.17) is 5.73 Å². The Morgan fingerprint density at radius 1 is 1.69 bits per heavy atom. The van der Waals surface area contributed by atoms with E-state index in [-0.39, 0.29) is 11.9 Å². The maximum atomic E-state index is 11.8. The Bertz CT molecular complexity index is 348. The molecule has 0 spiro atoms. The molecule has 0 aliphatic rings. The molecule has 0 aromatic carbocycles. The molecule has 2 unspecified atom stereocenters. The molecular formula is C11H20N4O. The lowest BCUT2D eigenvalue weighted by atomic mass is 10.1. The standard InChI is InChI=1S/C11H20N4O/c1-4-5-8(2)14-11(16)10(12)9-6-13-15(3)7-9/h6-8,10H,4-5,12H2,1-3H3,(H,14,16). The van der Waals surface area contributed by atoms with Crippen LogP contribution in [0, 0.1) is 0 Å². The first-order valence-electron chi connectivity index (χ1n) is 5.59. The Kier molecular flexibility index (Phi) is 4.49. The summed E-state index contributed by atoms with van der Waals surface area (Å²) in [5, 5.41) is 6.88. The van der Waals surface area contributed by atoms with Crippen LogP contribution in [0.1, 0.15) is 38.3 Å². The summed E-state index contributed by atoms with van der Waals surface area (Å²) in [4.78, 5) is 11.8. The van der Waals surface area contributed by atoms with Gasteiger partial charge in [0.25, 0.3) is 0 Å². The van der Waals surface area contributed by atoms with Crippen LogP contribution in [0.2, 0.25) is 0 Å². The second kappa shape index (κ2) is 5.65. The lowest BCUT2D eigenvalue weighted by Crippen LogP contribution is -2.39. The quantitative estimate of drug-likeness (QED) is 0.774. The van der Waals surface area contributed by atoms with Gasteiger partial charge in [0.1, 0.15) is 6.04 Å². The molecule has 1 aromatic heterocycles. The molecule has 5 heteroatoms. The van der Waals surface area contributed by atoms with E-state index in [9.17, 15) is 4.79 Å². The third kappa shape index (κ3) is 3.34. The van der Waals surface area contributed by atoms with Crippen LogP contribution in [-0.2, 0) is 11.8 Å². The number of nitrogens with zero attached hydrogens (tertiary/aromatic N) is 2. The molecule has 16 heavy (non-hydrogen) atoms. The predicted octanol–water partition coefficient (Wildman–Crippen LogP) is 0.725. The van der Waals surface area contributed by atoms with E-state index in [1.54, 1.807) is 24.1 Å². The Labute approximate surface area is 96.0 Å². The number of amides is 1. The highest BCUT2D eigenvalue weighted by atomic mass is 16.2. The summed E-state index contributed by atoms with van der Waals surface area (Å²) in [6.07, 6.45) is 5.39. The van der Waals surface area contributed by atoms with Crippen LogP contribution in [0.15, 0.2) is 12.4 Å². The fraction of sp³-hybridized carbons (Fsp3) is 0.636. The number of carbonyl (C=O) groups is 1. The molecule has 0 bridgehead atoms. The minimum atomic E-state index is -0.631. The summed E-state index contributed by atoms with van der Waals surface area (Å²) in [6.45, 7) is 4.07. The van der Waals surface area contributed by atoms with Crippen molar-refractivity contribution in [3.63, 3.8) is 0 Å². The van der Waals surface area contributed by atoms with Gasteiger partial charge in [-0.3, -0.25) is 9.48 Å². The maximum absolute atomic E-state index is 11.8. The first-order valence-corrected chi connectivity index (χ1v) is 5.59. The number of hydrogen-bond acceptors (Lipinski definition) is 3. The molecule has 1 heterocycles. The summed E-state index contributed by atoms with van der Waals surface area (Å²) in [5.74, 6) is -0.144. The molecule has 2 atom stereocenters. The SMILES string of the molecule is CCCC(C)NC(=O)C(N)c1cnn(C)c1. The van der Waals surface area contributed by atoms with Crippen molar-refractivity contribution < 1.29 is 4.79 Å². The molecule has 1 rings (SSSR count). The highest BCUT2D eigenvalue weighted by Gasteiger charge is 2.18. The van der Waals surface area contributed by atoms with E-state index in [1.165, 1.54) is 0 Å². The molecule has 1 amide bonds. The van der Waals surface area contributed by atoms with Crippen molar-refractivity contribution >= 4 is 5.91 Å². The predicted molar refractivity (Wildman–Crippen MR) is 62.6 cm³/mol. The summed E-state index contributed by atoms with van der Waals surface area (Å²) in [7, 11) is 1.80. The Balaban J connectivity index is 2.54. The van der Waals surface area contributed by atoms with Gasteiger partial charge in [0.2, 0.25) is 5.91 Å². The van der Waals surface area contributed by atoms with Crippen LogP contribution in [0.25, 0.3) is 0 Å². The first kappa shape index (κ1) is 12.7. The van der Waals surface area contributed by atoms with Crippen LogP contribution in [0.3, 0.4) is 0 Å². The molecule has 90 valence electrons. The van der Waals surface area contributed by atoms with Gasteiger partial charge in [-0.05, 0) is 13.3 Å². The van der Waals surface area contributed by atoms with E-state index in [2.05, 4.69) is 17.3 Å². The monoisotopic (exact) mass is 224 g/mol. The Morgan fingerprint density at radius 3 is 2.88 bits per heavy atom. The molecule has 0 radical (unpaired) electrons. The average molecular weight is 224 g/mol. The van der Waals surface area contributed by atoms with Crippen molar-refractivity contribution in [1.82, 2.24) is 15.1 Å². The number of aromatic nitrogens is 2. The summed E-state index contributed by atoms with van der Waals surface area (Å²) >= 11 is 0. The molecule has 3 N–H and O–H groups in total. The fourth-order valence-electron chi connectivity index (χ4n) is 1.59. The zero-order chi connectivity index (χ0) is 12.1. The van der Waals surface area contributed by atoms with Crippen LogP contribution >= 0.6 is 0 Å². The lowest BCUT2D eigenvalue weighted by molar-refractivity contribution is -0.123. The van der Waals surface area contributed by atoms with Crippen molar-refractivity contribution in [3.8, 4) is 0 Å². The largest absolute Gasteiger partial charge is 0.352 e. The summed E-state index contributed by atoms with van der Waals surface area (Å²) in [5.41, 5.74) is 6.57. The van der Waals surface area contributed by atoms with Gasteiger partial charge in [0.05, 0.1) is 6.20 Å². The van der Waals surface area contributed by atoms with Gasteiger partial charge in [0.15, 0.2) is 0 Å². The maximum Gasteiger partial charge on any atom is 0.241 e. The van der Waals surface area contributed by atoms with E-state index >= 15 is 0 Å². The van der Waals surface area contributed by atoms with Crippen LogP contribution in [0.5, 0.6) is 0 Å². The van der Waals surface area contributed by atoms with Gasteiger partial charge < -0.3 is 11.1 Å². The van der Waals surface area contributed by atoms with Crippen molar-refractivity contribution in [2.45, 2.75) is 38.8 Å². The van der Waals surface area contributed by atoms with Gasteiger partial charge >= 0.3 is 0 Å². The topological polar surface area (TPSA) is 72.9 Å². The van der Waals surface area contributed by atoms with Crippen molar-refractivity contribution in [2.75, 3.05) is 0 Å². The Morgan fingerprint density at radius 2 is 2.38 bits per heavy atom. The normalized spacial score (nSPS) is 14.5. The highest BCUT2D eigenvalue weighted by molar-refractivity contribution is 5.82. The van der Waals surface area contributed by atoms with Gasteiger partial charge in [0, 0.05) is 24.8 Å². The van der Waals surface area contributed by atoms with Crippen LogP contribution < -0.4 is 11.1 Å². The van der Waals surface area contributed by atoms with Crippen molar-refractivity contribution in [3.05, 3.63) is 18.0 Å². The molecule has 1 aromatic rings. The molecule has 0 aliphatic heterocycles. The molecule has 0 fully saturated rings. The fourth-order valence-corrected chi connectivity index (χ4v) is 1.59. The zero-order valence-corrected chi connectivity index (χ0v) is 10.1. The number of aryl methyl sites for hydroxylation is 1. The minimum Gasteiger partial charge on any atom is -0.352 e. The van der Waals surface area contributed by atoms with E-state index in [0.29, 0.717) is 0 Å². The number of nitrogens with one attached hydrogen (secondary N) is 1. The van der Waals surface area contributed by atoms with Crippen LogP contribution in [0.4, 0.5) is 0 Å². The summed E-state index contributed by atoms with van der Waals surface area (Å²) < 4.78 is 1.64. The van der Waals surface area contributed by atoms with Crippen molar-refractivity contribution in [1.29, 1.82) is 0 Å². The van der Waals surface area contributed by atoms with Gasteiger partial charge in [-0.25, -0.2) is 0 Å². The molecule has 0 aliphatic carbocycles. The average Bonchev–Trinajstić information content (AvgIpc) is 2.64. The second-order valence-electron chi connectivity index (χ2n) is 4.12. The van der Waals surface area contributed by atoms with E-state index < -0.39 is 6.04 Å². The van der Waals surface area contributed by atoms with Gasteiger partial charge in [-0.2, -0.15) is 5.10 Å². The minimum absolute atomic E-state index is 0.144. The third-order valence-corrected chi connectivity index (χ3v) is 2.48. The van der Waals surface area contributed by atoms with Gasteiger partial charge in [-0.1, -0.05) is 13.3 Å². The number of carbonyl (C=O) groups excluding carboxylic acids is 1. The lowest BCUT2D eigenvalue weighted by Gasteiger charge is -2.16. The Hall–Kier alpha value is -1.36. The smallest absolute Gasteiger partial charge is 0.241 e. The first-order chi connectivity index (χ1) is 7.54. The van der Waals surface area contributed by atoms with E-state index in [0.717, 1.165) is 18.4 Å². The zero-order valence-electron chi connectivity index (χ0n) is 10.1. The number of rotatable bonds is 5.